The van der Waals surface area contributed by atoms with Crippen LogP contribution in [-0.4, -0.2) is 27.6 Å². The molecule has 1 aliphatic carbocycles. The zero-order valence-electron chi connectivity index (χ0n) is 18.6. The van der Waals surface area contributed by atoms with Gasteiger partial charge in [0, 0.05) is 24.6 Å². The average Bonchev–Trinajstić information content (AvgIpc) is 3.44. The van der Waals surface area contributed by atoms with Gasteiger partial charge in [-0.3, -0.25) is 4.79 Å². The Labute approximate surface area is 200 Å². The van der Waals surface area contributed by atoms with E-state index in [4.69, 9.17) is 18.6 Å². The Morgan fingerprint density at radius 2 is 1.94 bits per heavy atom. The smallest absolute Gasteiger partial charge is 0.277 e. The van der Waals surface area contributed by atoms with Crippen LogP contribution in [0, 0.1) is 5.82 Å². The molecule has 1 spiro atoms. The van der Waals surface area contributed by atoms with Gasteiger partial charge in [-0.05, 0) is 44.0 Å². The number of rotatable bonds is 7. The van der Waals surface area contributed by atoms with Crippen LogP contribution in [0.25, 0.3) is 0 Å². The summed E-state index contributed by atoms with van der Waals surface area (Å²) in [5, 5.41) is 10.9. The molecule has 0 unspecified atom stereocenters. The number of benzene rings is 2. The van der Waals surface area contributed by atoms with Crippen LogP contribution in [0.1, 0.15) is 51.0 Å². The van der Waals surface area contributed by atoms with Gasteiger partial charge in [-0.25, -0.2) is 4.39 Å². The van der Waals surface area contributed by atoms with Crippen LogP contribution in [-0.2, 0) is 4.79 Å². The van der Waals surface area contributed by atoms with Crippen LogP contribution in [0.2, 0.25) is 0 Å². The summed E-state index contributed by atoms with van der Waals surface area (Å²) >= 11 is 1.10. The number of hydrogen-bond acceptors (Lipinski definition) is 8. The van der Waals surface area contributed by atoms with Crippen molar-refractivity contribution in [1.82, 2.24) is 10.2 Å². The predicted molar refractivity (Wildman–Crippen MR) is 123 cm³/mol. The standard InChI is InChI=1S/C24H24FN3O5S/c1-15(30-18-8-4-3-7-17(18)25)22-27-28-23(31-22)34-14-21(29)26-16-9-10-19-20(13-16)33-24(32-19)11-5-2-6-12-24/h3-4,7-10,13,15H,2,5-6,11-12,14H2,1H3,(H,26,29)/t15-/m1/s1. The van der Waals surface area contributed by atoms with E-state index in [0.717, 1.165) is 37.4 Å². The second-order valence-corrected chi connectivity index (χ2v) is 9.20. The highest BCUT2D eigenvalue weighted by Crippen LogP contribution is 2.46. The molecule has 1 atom stereocenters. The van der Waals surface area contributed by atoms with E-state index in [1.54, 1.807) is 31.2 Å². The summed E-state index contributed by atoms with van der Waals surface area (Å²) in [5.41, 5.74) is 0.624. The maximum absolute atomic E-state index is 13.8. The number of carbonyl (C=O) groups excluding carboxylic acids is 1. The van der Waals surface area contributed by atoms with Gasteiger partial charge < -0.3 is 23.9 Å². The number of halogens is 1. The minimum absolute atomic E-state index is 0.0720. The van der Waals surface area contributed by atoms with Gasteiger partial charge in [-0.15, -0.1) is 10.2 Å². The Morgan fingerprint density at radius 3 is 2.76 bits per heavy atom. The number of nitrogens with zero attached hydrogens (tertiary/aromatic N) is 2. The lowest BCUT2D eigenvalue weighted by Crippen LogP contribution is -2.40. The Bertz CT molecular complexity index is 1180. The molecule has 0 saturated heterocycles. The van der Waals surface area contributed by atoms with E-state index in [0.29, 0.717) is 17.2 Å². The molecule has 2 aromatic carbocycles. The van der Waals surface area contributed by atoms with Crippen molar-refractivity contribution in [3.63, 3.8) is 0 Å². The zero-order chi connectivity index (χ0) is 23.5. The molecule has 0 bridgehead atoms. The Balaban J connectivity index is 1.13. The van der Waals surface area contributed by atoms with Crippen molar-refractivity contribution in [3.8, 4) is 17.2 Å². The number of fused-ring (bicyclic) bond motifs is 1. The summed E-state index contributed by atoms with van der Waals surface area (Å²) in [6, 6.07) is 11.5. The van der Waals surface area contributed by atoms with Gasteiger partial charge in [0.2, 0.25) is 5.91 Å². The Kier molecular flexibility index (Phi) is 6.32. The van der Waals surface area contributed by atoms with E-state index in [-0.39, 0.29) is 28.5 Å². The molecule has 1 fully saturated rings. The summed E-state index contributed by atoms with van der Waals surface area (Å²) in [7, 11) is 0. The first kappa shape index (κ1) is 22.5. The molecule has 2 aliphatic rings. The molecule has 1 aromatic heterocycles. The van der Waals surface area contributed by atoms with E-state index in [1.807, 2.05) is 6.07 Å². The molecule has 1 amide bonds. The summed E-state index contributed by atoms with van der Waals surface area (Å²) in [6.07, 6.45) is 4.46. The highest BCUT2D eigenvalue weighted by molar-refractivity contribution is 7.99. The van der Waals surface area contributed by atoms with Crippen LogP contribution >= 0.6 is 11.8 Å². The van der Waals surface area contributed by atoms with Gasteiger partial charge in [-0.1, -0.05) is 30.3 Å². The average molecular weight is 486 g/mol. The fourth-order valence-electron chi connectivity index (χ4n) is 4.01. The molecule has 34 heavy (non-hydrogen) atoms. The van der Waals surface area contributed by atoms with E-state index in [1.165, 1.54) is 18.6 Å². The van der Waals surface area contributed by atoms with Gasteiger partial charge in [0.25, 0.3) is 16.9 Å². The number of para-hydroxylation sites is 1. The Morgan fingerprint density at radius 1 is 1.15 bits per heavy atom. The van der Waals surface area contributed by atoms with Crippen molar-refractivity contribution >= 4 is 23.4 Å². The molecule has 178 valence electrons. The van der Waals surface area contributed by atoms with E-state index >= 15 is 0 Å². The van der Waals surface area contributed by atoms with Crippen LogP contribution in [0.3, 0.4) is 0 Å². The first-order valence-electron chi connectivity index (χ1n) is 11.2. The molecule has 5 rings (SSSR count). The van der Waals surface area contributed by atoms with Gasteiger partial charge in [0.05, 0.1) is 5.75 Å². The zero-order valence-corrected chi connectivity index (χ0v) is 19.4. The number of ether oxygens (including phenoxy) is 3. The molecule has 3 aromatic rings. The number of thioether (sulfide) groups is 1. The summed E-state index contributed by atoms with van der Waals surface area (Å²) < 4.78 is 37.1. The Hall–Kier alpha value is -3.27. The predicted octanol–water partition coefficient (Wildman–Crippen LogP) is 5.51. The van der Waals surface area contributed by atoms with E-state index in [9.17, 15) is 9.18 Å². The van der Waals surface area contributed by atoms with E-state index < -0.39 is 17.7 Å². The highest BCUT2D eigenvalue weighted by Gasteiger charge is 2.42. The molecule has 2 heterocycles. The van der Waals surface area contributed by atoms with Crippen molar-refractivity contribution in [1.29, 1.82) is 0 Å². The SMILES string of the molecule is C[C@@H](Oc1ccccc1F)c1nnc(SCC(=O)Nc2ccc3c(c2)OC2(CCCCC2)O3)o1. The third kappa shape index (κ3) is 4.96. The number of carbonyl (C=O) groups is 1. The third-order valence-corrected chi connectivity index (χ3v) is 6.49. The topological polar surface area (TPSA) is 95.7 Å². The quantitative estimate of drug-likeness (QED) is 0.438. The van der Waals surface area contributed by atoms with Crippen LogP contribution in [0.5, 0.6) is 17.2 Å². The largest absolute Gasteiger partial charge is 0.478 e. The second-order valence-electron chi connectivity index (χ2n) is 8.27. The van der Waals surface area contributed by atoms with Gasteiger partial charge in [-0.2, -0.15) is 0 Å². The normalized spacial score (nSPS) is 16.9. The molecular formula is C24H24FN3O5S. The molecule has 8 nitrogen and oxygen atoms in total. The van der Waals surface area contributed by atoms with Crippen molar-refractivity contribution in [3.05, 3.63) is 54.2 Å². The molecule has 1 saturated carbocycles. The van der Waals surface area contributed by atoms with Gasteiger partial charge in [0.1, 0.15) is 0 Å². The minimum Gasteiger partial charge on any atom is -0.478 e. The number of hydrogen-bond donors (Lipinski definition) is 1. The number of nitrogens with one attached hydrogen (secondary N) is 1. The van der Waals surface area contributed by atoms with Crippen molar-refractivity contribution in [2.24, 2.45) is 0 Å². The molecular weight excluding hydrogens is 461 g/mol. The van der Waals surface area contributed by atoms with Crippen LogP contribution in [0.4, 0.5) is 10.1 Å². The minimum atomic E-state index is -0.645. The van der Waals surface area contributed by atoms with E-state index in [2.05, 4.69) is 15.5 Å². The van der Waals surface area contributed by atoms with Crippen molar-refractivity contribution in [2.45, 2.75) is 56.1 Å². The summed E-state index contributed by atoms with van der Waals surface area (Å²) in [5.74, 6) is 0.463. The molecule has 10 heteroatoms. The lowest BCUT2D eigenvalue weighted by molar-refractivity contribution is -0.113. The third-order valence-electron chi connectivity index (χ3n) is 5.67. The fraction of sp³-hybridized carbons (Fsp3) is 0.375. The van der Waals surface area contributed by atoms with Gasteiger partial charge >= 0.3 is 0 Å². The summed E-state index contributed by atoms with van der Waals surface area (Å²) in [6.45, 7) is 1.68. The van der Waals surface area contributed by atoms with Crippen molar-refractivity contribution < 1.29 is 27.8 Å². The number of amides is 1. The maximum Gasteiger partial charge on any atom is 0.277 e. The van der Waals surface area contributed by atoms with Gasteiger partial charge in [0.15, 0.2) is 29.2 Å². The number of aromatic nitrogens is 2. The monoisotopic (exact) mass is 485 g/mol. The fourth-order valence-corrected chi connectivity index (χ4v) is 4.58. The lowest BCUT2D eigenvalue weighted by atomic mass is 9.94. The first-order valence-corrected chi connectivity index (χ1v) is 12.2. The van der Waals surface area contributed by atoms with Crippen molar-refractivity contribution in [2.75, 3.05) is 11.1 Å². The molecule has 0 radical (unpaired) electrons. The molecule has 1 aliphatic heterocycles. The molecule has 1 N–H and O–H groups in total. The lowest BCUT2D eigenvalue weighted by Gasteiger charge is -2.31. The first-order chi connectivity index (χ1) is 16.5. The second kappa shape index (κ2) is 9.54. The maximum atomic E-state index is 13.8. The summed E-state index contributed by atoms with van der Waals surface area (Å²) in [4.78, 5) is 12.4. The highest BCUT2D eigenvalue weighted by atomic mass is 32.2. The number of anilines is 1. The van der Waals surface area contributed by atoms with Crippen LogP contribution < -0.4 is 19.5 Å². The van der Waals surface area contributed by atoms with Crippen LogP contribution in [0.15, 0.2) is 52.1 Å².